The van der Waals surface area contributed by atoms with Crippen molar-refractivity contribution in [2.45, 2.75) is 322 Å². The molecule has 490 valence electrons. The first kappa shape index (κ1) is 81.2. The number of aliphatic carboxylic acids is 1. The quantitative estimate of drug-likeness (QED) is 0.0195. The summed E-state index contributed by atoms with van der Waals surface area (Å²) in [7, 11) is 5.91. The first-order chi connectivity index (χ1) is 41.6. The van der Waals surface area contributed by atoms with Gasteiger partial charge in [0.25, 0.3) is 0 Å². The molecule has 0 spiro atoms. The number of rotatable bonds is 65. The largest absolute Gasteiger partial charge is 0.545 e. The van der Waals surface area contributed by atoms with E-state index in [4.69, 9.17) is 18.9 Å². The van der Waals surface area contributed by atoms with E-state index in [9.17, 15) is 19.5 Å². The number of hydrogen-bond acceptors (Lipinski definition) is 8. The molecule has 0 aromatic carbocycles. The van der Waals surface area contributed by atoms with E-state index in [1.165, 1.54) is 199 Å². The van der Waals surface area contributed by atoms with Gasteiger partial charge in [-0.2, -0.15) is 0 Å². The van der Waals surface area contributed by atoms with Crippen molar-refractivity contribution in [3.05, 3.63) is 97.2 Å². The van der Waals surface area contributed by atoms with Gasteiger partial charge in [0.1, 0.15) is 13.2 Å². The van der Waals surface area contributed by atoms with Crippen LogP contribution >= 0.6 is 0 Å². The second kappa shape index (κ2) is 66.2. The lowest BCUT2D eigenvalue weighted by Crippen LogP contribution is -2.44. The molecule has 0 saturated heterocycles. The van der Waals surface area contributed by atoms with Crippen LogP contribution in [0.3, 0.4) is 0 Å². The molecular weight excluding hydrogens is 1050 g/mol. The fourth-order valence-electron chi connectivity index (χ4n) is 9.93. The third-order valence-corrected chi connectivity index (χ3v) is 15.3. The molecule has 0 heterocycles. The average molecular weight is 1190 g/mol. The van der Waals surface area contributed by atoms with Gasteiger partial charge in [-0.05, 0) is 96.3 Å². The van der Waals surface area contributed by atoms with E-state index in [1.54, 1.807) is 0 Å². The number of hydrogen-bond donors (Lipinski definition) is 0. The molecule has 0 aromatic heterocycles. The molecule has 2 atom stereocenters. The van der Waals surface area contributed by atoms with Gasteiger partial charge in [-0.15, -0.1) is 0 Å². The number of carbonyl (C=O) groups is 3. The summed E-state index contributed by atoms with van der Waals surface area (Å²) in [5.41, 5.74) is 0. The highest BCUT2D eigenvalue weighted by atomic mass is 16.7. The first-order valence-corrected chi connectivity index (χ1v) is 35.4. The van der Waals surface area contributed by atoms with Gasteiger partial charge in [0.2, 0.25) is 0 Å². The molecule has 0 rings (SSSR count). The monoisotopic (exact) mass is 1190 g/mol. The molecule has 9 nitrogen and oxygen atoms in total. The number of allylic oxidation sites excluding steroid dienone is 16. The number of nitrogens with zero attached hydrogens (tertiary/aromatic N) is 1. The lowest BCUT2D eigenvalue weighted by molar-refractivity contribution is -0.870. The predicted molar refractivity (Wildman–Crippen MR) is 361 cm³/mol. The minimum atomic E-state index is -1.64. The van der Waals surface area contributed by atoms with E-state index in [1.807, 2.05) is 21.1 Å². The van der Waals surface area contributed by atoms with E-state index in [0.717, 1.165) is 77.0 Å². The van der Waals surface area contributed by atoms with Crippen LogP contribution in [-0.2, 0) is 33.3 Å². The van der Waals surface area contributed by atoms with Crippen LogP contribution in [0.4, 0.5) is 0 Å². The number of unbranched alkanes of at least 4 members (excludes halogenated alkanes) is 34. The molecule has 0 bridgehead atoms. The van der Waals surface area contributed by atoms with Gasteiger partial charge in [0.05, 0.1) is 40.3 Å². The topological polar surface area (TPSA) is 111 Å². The summed E-state index contributed by atoms with van der Waals surface area (Å²) in [4.78, 5) is 37.4. The molecule has 0 N–H and O–H groups in total. The van der Waals surface area contributed by atoms with E-state index in [-0.39, 0.29) is 38.6 Å². The number of carboxylic acids is 1. The van der Waals surface area contributed by atoms with Crippen molar-refractivity contribution in [2.75, 3.05) is 47.5 Å². The third kappa shape index (κ3) is 67.6. The number of quaternary nitrogens is 1. The molecule has 0 fully saturated rings. The molecule has 0 aliphatic rings. The van der Waals surface area contributed by atoms with Crippen molar-refractivity contribution in [2.24, 2.45) is 0 Å². The summed E-state index contributed by atoms with van der Waals surface area (Å²) in [5, 5.41) is 11.8. The van der Waals surface area contributed by atoms with Crippen LogP contribution in [0.15, 0.2) is 97.2 Å². The zero-order valence-electron chi connectivity index (χ0n) is 56.0. The zero-order chi connectivity index (χ0) is 61.9. The number of carbonyl (C=O) groups excluding carboxylic acids is 3. The fourth-order valence-corrected chi connectivity index (χ4v) is 9.93. The van der Waals surface area contributed by atoms with Crippen molar-refractivity contribution in [3.8, 4) is 0 Å². The highest BCUT2D eigenvalue weighted by molar-refractivity contribution is 5.70. The zero-order valence-corrected chi connectivity index (χ0v) is 56.0. The number of ether oxygens (including phenoxy) is 4. The normalized spacial score (nSPS) is 13.3. The van der Waals surface area contributed by atoms with Gasteiger partial charge in [-0.3, -0.25) is 9.59 Å². The molecule has 9 heteroatoms. The van der Waals surface area contributed by atoms with Crippen molar-refractivity contribution in [1.82, 2.24) is 0 Å². The summed E-state index contributed by atoms with van der Waals surface area (Å²) >= 11 is 0. The Morgan fingerprint density at radius 1 is 0.365 bits per heavy atom. The molecule has 0 aliphatic carbocycles. The van der Waals surface area contributed by atoms with Crippen LogP contribution in [0.1, 0.15) is 309 Å². The molecule has 0 amide bonds. The Morgan fingerprint density at radius 3 is 1.02 bits per heavy atom. The third-order valence-electron chi connectivity index (χ3n) is 15.3. The SMILES string of the molecule is CC/C=C\C/C=C\C/C=C\C/C=C\C/C=C\C/C=C\CCCCC(=O)OC(COC(=O)CCCCCCCCCCCCCCCCCCCCCCCCCCCCC/C=C\C/C=C\CCCCCCC)COC(OCC[N+](C)(C)C)C(=O)[O-]. The van der Waals surface area contributed by atoms with E-state index in [0.29, 0.717) is 17.4 Å². The van der Waals surface area contributed by atoms with Crippen LogP contribution < -0.4 is 5.11 Å². The van der Waals surface area contributed by atoms with Crippen LogP contribution in [0, 0.1) is 0 Å². The maximum absolute atomic E-state index is 12.9. The molecular formula is C76H133NO8. The summed E-state index contributed by atoms with van der Waals surface area (Å²) in [6.45, 7) is 4.59. The molecule has 0 aliphatic heterocycles. The van der Waals surface area contributed by atoms with Crippen molar-refractivity contribution >= 4 is 17.9 Å². The Hall–Kier alpha value is -3.79. The Morgan fingerprint density at radius 2 is 0.671 bits per heavy atom. The minimum absolute atomic E-state index is 0.136. The number of carboxylic acid groups (broad SMARTS) is 1. The molecule has 0 saturated carbocycles. The highest BCUT2D eigenvalue weighted by Gasteiger charge is 2.22. The van der Waals surface area contributed by atoms with Gasteiger partial charge < -0.3 is 33.3 Å². The van der Waals surface area contributed by atoms with Gasteiger partial charge >= 0.3 is 11.9 Å². The summed E-state index contributed by atoms with van der Waals surface area (Å²) in [6.07, 6.45) is 88.1. The van der Waals surface area contributed by atoms with E-state index in [2.05, 4.69) is 111 Å². The second-order valence-corrected chi connectivity index (χ2v) is 24.8. The minimum Gasteiger partial charge on any atom is -0.545 e. The Balaban J connectivity index is 4.03. The van der Waals surface area contributed by atoms with Gasteiger partial charge in [0.15, 0.2) is 12.4 Å². The summed E-state index contributed by atoms with van der Waals surface area (Å²) < 4.78 is 22.7. The Labute approximate surface area is 524 Å². The van der Waals surface area contributed by atoms with E-state index >= 15 is 0 Å². The highest BCUT2D eigenvalue weighted by Crippen LogP contribution is 2.18. The molecule has 0 aromatic rings. The molecule has 2 unspecified atom stereocenters. The number of likely N-dealkylation sites (N-methyl/N-ethyl adjacent to an activating group) is 1. The standard InChI is InChI=1S/C76H133NO8/c1-6-8-10-12-14-16-18-20-22-24-26-28-29-30-31-32-33-34-35-36-37-38-39-40-41-42-43-44-45-47-48-50-52-54-56-58-60-62-64-66-73(78)83-70-72(71-84-76(75(80)81)82-69-68-77(3,4)5)85-74(79)67-65-63-61-59-57-55-53-51-49-46-27-25-23-21-19-17-15-13-11-9-7-2/h9,11,15,17-18,20-21,23-24,26-27,46,51,53,57,59,72,76H,6-8,10,12-14,16,19,22,25,28-45,47-50,52,54-56,58,60-71H2,1-5H3/b11-9-,17-15-,20-18-,23-21-,26-24-,46-27-,53-51-,59-57-. The number of esters is 2. The van der Waals surface area contributed by atoms with Crippen molar-refractivity contribution < 1.29 is 42.9 Å². The smallest absolute Gasteiger partial charge is 0.306 e. The fraction of sp³-hybridized carbons (Fsp3) is 0.750. The second-order valence-electron chi connectivity index (χ2n) is 24.8. The average Bonchev–Trinajstić information content (AvgIpc) is 3.48. The van der Waals surface area contributed by atoms with Gasteiger partial charge in [-0.1, -0.05) is 297 Å². The van der Waals surface area contributed by atoms with E-state index < -0.39 is 24.3 Å². The first-order valence-electron chi connectivity index (χ1n) is 35.4. The Bertz CT molecular complexity index is 1720. The maximum atomic E-state index is 12.9. The maximum Gasteiger partial charge on any atom is 0.306 e. The van der Waals surface area contributed by atoms with Gasteiger partial charge in [-0.25, -0.2) is 0 Å². The van der Waals surface area contributed by atoms with Crippen molar-refractivity contribution in [1.29, 1.82) is 0 Å². The van der Waals surface area contributed by atoms with Crippen LogP contribution in [0.2, 0.25) is 0 Å². The van der Waals surface area contributed by atoms with Crippen molar-refractivity contribution in [3.63, 3.8) is 0 Å². The van der Waals surface area contributed by atoms with Crippen LogP contribution in [-0.4, -0.2) is 82.3 Å². The predicted octanol–water partition coefficient (Wildman–Crippen LogP) is 20.7. The van der Waals surface area contributed by atoms with Crippen LogP contribution in [0.5, 0.6) is 0 Å². The molecule has 0 radical (unpaired) electrons. The lowest BCUT2D eigenvalue weighted by Gasteiger charge is -2.26. The molecule has 85 heavy (non-hydrogen) atoms. The summed E-state index contributed by atoms with van der Waals surface area (Å²) in [5.74, 6) is -2.34. The van der Waals surface area contributed by atoms with Crippen LogP contribution in [0.25, 0.3) is 0 Å². The summed E-state index contributed by atoms with van der Waals surface area (Å²) in [6, 6.07) is 0. The Kier molecular flexibility index (Phi) is 63.2. The lowest BCUT2D eigenvalue weighted by atomic mass is 10.0. The van der Waals surface area contributed by atoms with Gasteiger partial charge in [0, 0.05) is 12.8 Å².